The van der Waals surface area contributed by atoms with E-state index >= 15 is 0 Å². The van der Waals surface area contributed by atoms with Gasteiger partial charge in [-0.3, -0.25) is 4.79 Å². The zero-order chi connectivity index (χ0) is 15.0. The van der Waals surface area contributed by atoms with Crippen LogP contribution in [0.1, 0.15) is 18.2 Å². The molecular weight excluding hydrogens is 295 g/mol. The summed E-state index contributed by atoms with van der Waals surface area (Å²) in [6.45, 7) is 2.66. The molecule has 1 atom stereocenters. The molecule has 1 aliphatic heterocycles. The standard InChI is InChI=1S/C15H14ClFN2O2/c1-9(16)15(20)19-7-6-13-12(8-19)14(21-18-13)10-2-4-11(17)5-3-10/h2-5,9H,6-8H2,1H3. The van der Waals surface area contributed by atoms with Crippen LogP contribution >= 0.6 is 11.6 Å². The van der Waals surface area contributed by atoms with E-state index < -0.39 is 5.38 Å². The first-order valence-corrected chi connectivity index (χ1v) is 7.16. The molecule has 0 spiro atoms. The fraction of sp³-hybridized carbons (Fsp3) is 0.333. The first-order chi connectivity index (χ1) is 10.1. The van der Waals surface area contributed by atoms with E-state index in [1.807, 2.05) is 0 Å². The average molecular weight is 309 g/mol. The second-order valence-electron chi connectivity index (χ2n) is 5.07. The molecule has 21 heavy (non-hydrogen) atoms. The van der Waals surface area contributed by atoms with Crippen LogP contribution < -0.4 is 0 Å². The second-order valence-corrected chi connectivity index (χ2v) is 5.72. The second kappa shape index (κ2) is 5.48. The quantitative estimate of drug-likeness (QED) is 0.801. The van der Waals surface area contributed by atoms with Gasteiger partial charge in [-0.05, 0) is 31.2 Å². The van der Waals surface area contributed by atoms with Gasteiger partial charge in [0.05, 0.1) is 12.2 Å². The van der Waals surface area contributed by atoms with Crippen LogP contribution in [0.3, 0.4) is 0 Å². The fourth-order valence-corrected chi connectivity index (χ4v) is 2.62. The van der Waals surface area contributed by atoms with Crippen molar-refractivity contribution in [1.29, 1.82) is 0 Å². The van der Waals surface area contributed by atoms with Crippen LogP contribution in [-0.4, -0.2) is 27.9 Å². The van der Waals surface area contributed by atoms with Gasteiger partial charge in [0.15, 0.2) is 5.76 Å². The molecule has 4 nitrogen and oxygen atoms in total. The smallest absolute Gasteiger partial charge is 0.240 e. The maximum atomic E-state index is 13.0. The molecule has 1 aromatic heterocycles. The number of benzene rings is 1. The largest absolute Gasteiger partial charge is 0.356 e. The van der Waals surface area contributed by atoms with Crippen molar-refractivity contribution in [2.24, 2.45) is 0 Å². The zero-order valence-corrected chi connectivity index (χ0v) is 12.2. The summed E-state index contributed by atoms with van der Waals surface area (Å²) in [6, 6.07) is 6.02. The van der Waals surface area contributed by atoms with Crippen molar-refractivity contribution in [3.05, 3.63) is 41.3 Å². The Labute approximate surface area is 126 Å². The van der Waals surface area contributed by atoms with Crippen molar-refractivity contribution in [2.45, 2.75) is 25.3 Å². The molecule has 0 N–H and O–H groups in total. The summed E-state index contributed by atoms with van der Waals surface area (Å²) in [4.78, 5) is 13.7. The molecule has 2 aromatic rings. The number of hydrogen-bond acceptors (Lipinski definition) is 3. The lowest BCUT2D eigenvalue weighted by molar-refractivity contribution is -0.131. The highest BCUT2D eigenvalue weighted by atomic mass is 35.5. The van der Waals surface area contributed by atoms with Gasteiger partial charge in [0.2, 0.25) is 5.91 Å². The number of aromatic nitrogens is 1. The monoisotopic (exact) mass is 308 g/mol. The summed E-state index contributed by atoms with van der Waals surface area (Å²) >= 11 is 5.86. The number of carbonyl (C=O) groups excluding carboxylic acids is 1. The van der Waals surface area contributed by atoms with Gasteiger partial charge in [0.1, 0.15) is 11.2 Å². The van der Waals surface area contributed by atoms with Gasteiger partial charge in [-0.25, -0.2) is 4.39 Å². The minimum Gasteiger partial charge on any atom is -0.356 e. The first kappa shape index (κ1) is 14.1. The van der Waals surface area contributed by atoms with Gasteiger partial charge < -0.3 is 9.42 Å². The van der Waals surface area contributed by atoms with Gasteiger partial charge in [-0.1, -0.05) is 5.16 Å². The number of rotatable bonds is 2. The number of halogens is 2. The van der Waals surface area contributed by atoms with Crippen LogP contribution in [0, 0.1) is 5.82 Å². The Morgan fingerprint density at radius 3 is 2.81 bits per heavy atom. The maximum absolute atomic E-state index is 13.0. The Hall–Kier alpha value is -1.88. The summed E-state index contributed by atoms with van der Waals surface area (Å²) in [5.41, 5.74) is 2.47. The molecule has 0 radical (unpaired) electrons. The number of alkyl halides is 1. The minimum absolute atomic E-state index is 0.103. The predicted octanol–water partition coefficient (Wildman–Crippen LogP) is 2.99. The number of fused-ring (bicyclic) bond motifs is 1. The first-order valence-electron chi connectivity index (χ1n) is 6.72. The molecule has 0 aliphatic carbocycles. The lowest BCUT2D eigenvalue weighted by Gasteiger charge is -2.27. The van der Waals surface area contributed by atoms with Gasteiger partial charge in [-0.15, -0.1) is 11.6 Å². The molecule has 1 unspecified atom stereocenters. The number of amides is 1. The van der Waals surface area contributed by atoms with E-state index in [0.29, 0.717) is 25.3 Å². The molecule has 0 bridgehead atoms. The predicted molar refractivity (Wildman–Crippen MR) is 76.3 cm³/mol. The van der Waals surface area contributed by atoms with Crippen LogP contribution in [0.4, 0.5) is 4.39 Å². The Balaban J connectivity index is 1.92. The highest BCUT2D eigenvalue weighted by Crippen LogP contribution is 2.30. The van der Waals surface area contributed by atoms with Gasteiger partial charge in [-0.2, -0.15) is 0 Å². The molecule has 1 amide bonds. The molecular formula is C15H14ClFN2O2. The molecule has 0 fully saturated rings. The van der Waals surface area contributed by atoms with Crippen LogP contribution in [0.2, 0.25) is 0 Å². The summed E-state index contributed by atoms with van der Waals surface area (Å²) in [7, 11) is 0. The van der Waals surface area contributed by atoms with Crippen molar-refractivity contribution in [1.82, 2.24) is 10.1 Å². The average Bonchev–Trinajstić information content (AvgIpc) is 2.90. The van der Waals surface area contributed by atoms with Crippen LogP contribution in [0.5, 0.6) is 0 Å². The van der Waals surface area contributed by atoms with E-state index in [4.69, 9.17) is 16.1 Å². The third-order valence-electron chi connectivity index (χ3n) is 3.60. The number of nitrogens with zero attached hydrogens (tertiary/aromatic N) is 2. The molecule has 0 saturated heterocycles. The maximum Gasteiger partial charge on any atom is 0.240 e. The van der Waals surface area contributed by atoms with E-state index in [0.717, 1.165) is 16.8 Å². The normalized spacial score (nSPS) is 15.7. The highest BCUT2D eigenvalue weighted by Gasteiger charge is 2.28. The van der Waals surface area contributed by atoms with Crippen molar-refractivity contribution < 1.29 is 13.7 Å². The molecule has 0 saturated carbocycles. The van der Waals surface area contributed by atoms with Gasteiger partial charge in [0.25, 0.3) is 0 Å². The van der Waals surface area contributed by atoms with Crippen LogP contribution in [-0.2, 0) is 17.8 Å². The summed E-state index contributed by atoms with van der Waals surface area (Å²) in [5, 5.41) is 3.50. The third kappa shape index (κ3) is 2.65. The van der Waals surface area contributed by atoms with E-state index in [1.165, 1.54) is 12.1 Å². The summed E-state index contributed by atoms with van der Waals surface area (Å²) < 4.78 is 18.4. The van der Waals surface area contributed by atoms with E-state index in [-0.39, 0.29) is 11.7 Å². The Morgan fingerprint density at radius 1 is 1.43 bits per heavy atom. The Kier molecular flexibility index (Phi) is 3.68. The molecule has 3 rings (SSSR count). The number of carbonyl (C=O) groups is 1. The fourth-order valence-electron chi connectivity index (χ4n) is 2.48. The van der Waals surface area contributed by atoms with E-state index in [2.05, 4.69) is 5.16 Å². The number of hydrogen-bond donors (Lipinski definition) is 0. The zero-order valence-electron chi connectivity index (χ0n) is 11.5. The van der Waals surface area contributed by atoms with E-state index in [9.17, 15) is 9.18 Å². The van der Waals surface area contributed by atoms with Crippen molar-refractivity contribution in [3.8, 4) is 11.3 Å². The van der Waals surface area contributed by atoms with Crippen molar-refractivity contribution in [2.75, 3.05) is 6.54 Å². The highest BCUT2D eigenvalue weighted by molar-refractivity contribution is 6.30. The SMILES string of the molecule is CC(Cl)C(=O)N1CCc2noc(-c3ccc(F)cc3)c2C1. The molecule has 1 aromatic carbocycles. The van der Waals surface area contributed by atoms with Crippen LogP contribution in [0.25, 0.3) is 11.3 Å². The Bertz CT molecular complexity index is 667. The molecule has 1 aliphatic rings. The van der Waals surface area contributed by atoms with Crippen molar-refractivity contribution in [3.63, 3.8) is 0 Å². The summed E-state index contributed by atoms with van der Waals surface area (Å²) in [6.07, 6.45) is 0.634. The van der Waals surface area contributed by atoms with Crippen molar-refractivity contribution >= 4 is 17.5 Å². The topological polar surface area (TPSA) is 46.3 Å². The molecule has 2 heterocycles. The Morgan fingerprint density at radius 2 is 2.14 bits per heavy atom. The third-order valence-corrected chi connectivity index (χ3v) is 3.78. The summed E-state index contributed by atoms with van der Waals surface area (Å²) in [5.74, 6) is 0.179. The van der Waals surface area contributed by atoms with Gasteiger partial charge >= 0.3 is 0 Å². The lowest BCUT2D eigenvalue weighted by Crippen LogP contribution is -2.39. The molecule has 6 heteroatoms. The van der Waals surface area contributed by atoms with Crippen LogP contribution in [0.15, 0.2) is 28.8 Å². The van der Waals surface area contributed by atoms with Gasteiger partial charge in [0, 0.05) is 24.1 Å². The lowest BCUT2D eigenvalue weighted by atomic mass is 10.0. The van der Waals surface area contributed by atoms with E-state index in [1.54, 1.807) is 24.0 Å². The minimum atomic E-state index is -0.555. The molecule has 110 valence electrons.